The lowest BCUT2D eigenvalue weighted by Crippen LogP contribution is -2.36. The van der Waals surface area contributed by atoms with E-state index in [9.17, 15) is 0 Å². The molecule has 2 rings (SSSR count). The molecule has 0 aliphatic heterocycles. The predicted molar refractivity (Wildman–Crippen MR) is 106 cm³/mol. The van der Waals surface area contributed by atoms with Crippen LogP contribution in [0.2, 0.25) is 5.02 Å². The number of hydrogen-bond donors (Lipinski definition) is 2. The Morgan fingerprint density at radius 1 is 1.22 bits per heavy atom. The fraction of sp³-hybridized carbons (Fsp3) is 0.235. The molecule has 2 N–H and O–H groups in total. The highest BCUT2D eigenvalue weighted by molar-refractivity contribution is 9.10. The Bertz CT molecular complexity index is 678. The van der Waals surface area contributed by atoms with E-state index in [1.54, 1.807) is 0 Å². The molecule has 0 saturated carbocycles. The van der Waals surface area contributed by atoms with Gasteiger partial charge < -0.3 is 15.5 Å². The van der Waals surface area contributed by atoms with E-state index in [1.165, 1.54) is 0 Å². The molecule has 0 radical (unpaired) electrons. The lowest BCUT2D eigenvalue weighted by Gasteiger charge is -2.26. The molecule has 23 heavy (non-hydrogen) atoms. The lowest BCUT2D eigenvalue weighted by atomic mass is 10.1. The van der Waals surface area contributed by atoms with Gasteiger partial charge in [0.2, 0.25) is 0 Å². The highest BCUT2D eigenvalue weighted by Gasteiger charge is 2.17. The van der Waals surface area contributed by atoms with Crippen molar-refractivity contribution in [2.75, 3.05) is 26.0 Å². The zero-order chi connectivity index (χ0) is 16.8. The SMILES string of the molecule is CN(C)[C@@H](CNC(=S)Nc1cccc(Br)c1)c1ccccc1Cl. The third kappa shape index (κ3) is 5.46. The van der Waals surface area contributed by atoms with Crippen molar-refractivity contribution >= 4 is 50.5 Å². The Labute approximate surface area is 156 Å². The number of hydrogen-bond acceptors (Lipinski definition) is 2. The molecular weight excluding hydrogens is 394 g/mol. The van der Waals surface area contributed by atoms with Crippen molar-refractivity contribution in [1.82, 2.24) is 10.2 Å². The minimum absolute atomic E-state index is 0.131. The first-order valence-corrected chi connectivity index (χ1v) is 8.76. The van der Waals surface area contributed by atoms with Crippen LogP contribution in [0.3, 0.4) is 0 Å². The summed E-state index contributed by atoms with van der Waals surface area (Å²) in [5, 5.41) is 7.79. The molecule has 1 atom stereocenters. The lowest BCUT2D eigenvalue weighted by molar-refractivity contribution is 0.299. The highest BCUT2D eigenvalue weighted by atomic mass is 79.9. The summed E-state index contributed by atoms with van der Waals surface area (Å²) in [6.07, 6.45) is 0. The molecule has 0 heterocycles. The summed E-state index contributed by atoms with van der Waals surface area (Å²) in [6.45, 7) is 0.663. The van der Waals surface area contributed by atoms with E-state index in [4.69, 9.17) is 23.8 Å². The minimum atomic E-state index is 0.131. The first kappa shape index (κ1) is 18.2. The van der Waals surface area contributed by atoms with Gasteiger partial charge >= 0.3 is 0 Å². The minimum Gasteiger partial charge on any atom is -0.361 e. The maximum Gasteiger partial charge on any atom is 0.170 e. The number of benzene rings is 2. The first-order valence-electron chi connectivity index (χ1n) is 7.18. The normalized spacial score (nSPS) is 12.0. The molecule has 122 valence electrons. The molecule has 0 aromatic heterocycles. The van der Waals surface area contributed by atoms with E-state index in [1.807, 2.05) is 62.6 Å². The Hall–Kier alpha value is -1.14. The Morgan fingerprint density at radius 3 is 2.61 bits per heavy atom. The summed E-state index contributed by atoms with van der Waals surface area (Å²) in [6, 6.07) is 15.9. The molecule has 2 aromatic rings. The van der Waals surface area contributed by atoms with Gasteiger partial charge in [0.15, 0.2) is 5.11 Å². The summed E-state index contributed by atoms with van der Waals surface area (Å²) < 4.78 is 1.01. The van der Waals surface area contributed by atoms with Crippen LogP contribution in [0.4, 0.5) is 5.69 Å². The quantitative estimate of drug-likeness (QED) is 0.697. The number of nitrogens with zero attached hydrogens (tertiary/aromatic N) is 1. The number of anilines is 1. The van der Waals surface area contributed by atoms with Crippen molar-refractivity contribution in [3.05, 3.63) is 63.6 Å². The molecule has 0 amide bonds. The number of rotatable bonds is 5. The molecule has 3 nitrogen and oxygen atoms in total. The number of thiocarbonyl (C=S) groups is 1. The van der Waals surface area contributed by atoms with Crippen molar-refractivity contribution in [3.63, 3.8) is 0 Å². The van der Waals surface area contributed by atoms with E-state index in [2.05, 4.69) is 31.5 Å². The third-order valence-electron chi connectivity index (χ3n) is 3.43. The summed E-state index contributed by atoms with van der Waals surface area (Å²) in [7, 11) is 4.06. The molecule has 2 aromatic carbocycles. The van der Waals surface area contributed by atoms with Crippen LogP contribution in [0, 0.1) is 0 Å². The van der Waals surface area contributed by atoms with Crippen molar-refractivity contribution in [3.8, 4) is 0 Å². The number of halogens is 2. The van der Waals surface area contributed by atoms with Gasteiger partial charge in [-0.25, -0.2) is 0 Å². The van der Waals surface area contributed by atoms with Crippen LogP contribution < -0.4 is 10.6 Å². The van der Waals surface area contributed by atoms with Gasteiger partial charge in [0, 0.05) is 21.7 Å². The fourth-order valence-electron chi connectivity index (χ4n) is 2.25. The molecule has 0 aliphatic rings. The Kier molecular flexibility index (Phi) is 6.84. The van der Waals surface area contributed by atoms with Crippen molar-refractivity contribution in [2.24, 2.45) is 0 Å². The van der Waals surface area contributed by atoms with Crippen LogP contribution in [-0.2, 0) is 0 Å². The molecule has 0 bridgehead atoms. The summed E-state index contributed by atoms with van der Waals surface area (Å²) >= 11 is 15.1. The second kappa shape index (κ2) is 8.64. The van der Waals surface area contributed by atoms with Crippen LogP contribution in [0.25, 0.3) is 0 Å². The average molecular weight is 413 g/mol. The van der Waals surface area contributed by atoms with Crippen molar-refractivity contribution in [1.29, 1.82) is 0 Å². The van der Waals surface area contributed by atoms with Gasteiger partial charge in [0.1, 0.15) is 0 Å². The van der Waals surface area contributed by atoms with E-state index in [0.29, 0.717) is 11.7 Å². The van der Waals surface area contributed by atoms with E-state index < -0.39 is 0 Å². The van der Waals surface area contributed by atoms with Crippen LogP contribution in [-0.4, -0.2) is 30.7 Å². The zero-order valence-electron chi connectivity index (χ0n) is 13.0. The van der Waals surface area contributed by atoms with Crippen LogP contribution in [0.15, 0.2) is 53.0 Å². The summed E-state index contributed by atoms with van der Waals surface area (Å²) in [5.41, 5.74) is 2.02. The monoisotopic (exact) mass is 411 g/mol. The van der Waals surface area contributed by atoms with Crippen LogP contribution >= 0.6 is 39.7 Å². The van der Waals surface area contributed by atoms with Gasteiger partial charge in [-0.3, -0.25) is 0 Å². The van der Waals surface area contributed by atoms with Gasteiger partial charge in [-0.2, -0.15) is 0 Å². The third-order valence-corrected chi connectivity index (χ3v) is 4.51. The Morgan fingerprint density at radius 2 is 1.96 bits per heavy atom. The standard InChI is InChI=1S/C17H19BrClN3S/c1-22(2)16(14-8-3-4-9-15(14)19)11-20-17(23)21-13-7-5-6-12(18)10-13/h3-10,16H,11H2,1-2H3,(H2,20,21,23)/t16-/m0/s1. The molecule has 0 saturated heterocycles. The molecular formula is C17H19BrClN3S. The number of nitrogens with one attached hydrogen (secondary N) is 2. The van der Waals surface area contributed by atoms with Gasteiger partial charge in [0.05, 0.1) is 6.04 Å². The van der Waals surface area contributed by atoms with Gasteiger partial charge in [-0.15, -0.1) is 0 Å². The van der Waals surface area contributed by atoms with Crippen molar-refractivity contribution < 1.29 is 0 Å². The van der Waals surface area contributed by atoms with Crippen LogP contribution in [0.1, 0.15) is 11.6 Å². The zero-order valence-corrected chi connectivity index (χ0v) is 16.2. The Balaban J connectivity index is 1.99. The fourth-order valence-corrected chi connectivity index (χ4v) is 3.11. The van der Waals surface area contributed by atoms with Gasteiger partial charge in [-0.1, -0.05) is 51.8 Å². The molecule has 0 unspecified atom stereocenters. The summed E-state index contributed by atoms with van der Waals surface area (Å²) in [4.78, 5) is 2.12. The maximum atomic E-state index is 6.32. The summed E-state index contributed by atoms with van der Waals surface area (Å²) in [5.74, 6) is 0. The molecule has 6 heteroatoms. The van der Waals surface area contributed by atoms with E-state index >= 15 is 0 Å². The van der Waals surface area contributed by atoms with E-state index in [-0.39, 0.29) is 6.04 Å². The molecule has 0 fully saturated rings. The first-order chi connectivity index (χ1) is 11.0. The average Bonchev–Trinajstić information content (AvgIpc) is 2.49. The van der Waals surface area contributed by atoms with Crippen molar-refractivity contribution in [2.45, 2.75) is 6.04 Å². The largest absolute Gasteiger partial charge is 0.361 e. The predicted octanol–water partition coefficient (Wildman–Crippen LogP) is 4.69. The smallest absolute Gasteiger partial charge is 0.170 e. The second-order valence-electron chi connectivity index (χ2n) is 5.35. The highest BCUT2D eigenvalue weighted by Crippen LogP contribution is 2.25. The maximum absolute atomic E-state index is 6.32. The van der Waals surface area contributed by atoms with Gasteiger partial charge in [-0.05, 0) is 56.1 Å². The topological polar surface area (TPSA) is 27.3 Å². The van der Waals surface area contributed by atoms with Crippen LogP contribution in [0.5, 0.6) is 0 Å². The molecule has 0 spiro atoms. The molecule has 0 aliphatic carbocycles. The van der Waals surface area contributed by atoms with E-state index in [0.717, 1.165) is 20.7 Å². The second-order valence-corrected chi connectivity index (χ2v) is 7.08. The van der Waals surface area contributed by atoms with Gasteiger partial charge in [0.25, 0.3) is 0 Å². The number of likely N-dealkylation sites (N-methyl/N-ethyl adjacent to an activating group) is 1.